The molecule has 0 saturated carbocycles. The SMILES string of the molecule is CN(CC(N)=NO)C(=O)Nc1cccc(C(F)(F)F)c1. The highest BCUT2D eigenvalue weighted by atomic mass is 19.4. The number of amides is 2. The second kappa shape index (κ2) is 6.13. The molecule has 0 saturated heterocycles. The third kappa shape index (κ3) is 4.34. The average Bonchev–Trinajstić information content (AvgIpc) is 2.37. The molecular formula is C11H13F3N4O2. The lowest BCUT2D eigenvalue weighted by Gasteiger charge is -2.17. The van der Waals surface area contributed by atoms with Gasteiger partial charge in [0.25, 0.3) is 0 Å². The minimum atomic E-state index is -4.49. The lowest BCUT2D eigenvalue weighted by atomic mass is 10.2. The number of anilines is 1. The van der Waals surface area contributed by atoms with Crippen molar-refractivity contribution in [1.82, 2.24) is 4.90 Å². The van der Waals surface area contributed by atoms with Crippen LogP contribution >= 0.6 is 0 Å². The number of halogens is 3. The third-order valence-corrected chi connectivity index (χ3v) is 2.32. The van der Waals surface area contributed by atoms with Gasteiger partial charge in [0.05, 0.1) is 12.1 Å². The van der Waals surface area contributed by atoms with E-state index >= 15 is 0 Å². The first-order valence-corrected chi connectivity index (χ1v) is 5.40. The van der Waals surface area contributed by atoms with Crippen molar-refractivity contribution in [1.29, 1.82) is 0 Å². The van der Waals surface area contributed by atoms with Crippen molar-refractivity contribution in [2.45, 2.75) is 6.18 Å². The van der Waals surface area contributed by atoms with Crippen molar-refractivity contribution in [3.63, 3.8) is 0 Å². The first-order valence-electron chi connectivity index (χ1n) is 5.40. The van der Waals surface area contributed by atoms with E-state index in [0.717, 1.165) is 17.0 Å². The molecule has 0 unspecified atom stereocenters. The summed E-state index contributed by atoms with van der Waals surface area (Å²) in [6.45, 7) is -0.165. The van der Waals surface area contributed by atoms with Crippen LogP contribution in [0.4, 0.5) is 23.7 Å². The molecule has 0 aromatic heterocycles. The van der Waals surface area contributed by atoms with E-state index in [1.807, 2.05) is 0 Å². The van der Waals surface area contributed by atoms with Crippen molar-refractivity contribution in [2.75, 3.05) is 18.9 Å². The number of alkyl halides is 3. The number of likely N-dealkylation sites (N-methyl/N-ethyl adjacent to an activating group) is 1. The van der Waals surface area contributed by atoms with E-state index in [0.29, 0.717) is 0 Å². The van der Waals surface area contributed by atoms with Crippen molar-refractivity contribution in [2.24, 2.45) is 10.9 Å². The molecule has 6 nitrogen and oxygen atoms in total. The number of oxime groups is 1. The molecule has 0 heterocycles. The minimum Gasteiger partial charge on any atom is -0.409 e. The minimum absolute atomic E-state index is 0.00353. The van der Waals surface area contributed by atoms with Crippen LogP contribution in [0.3, 0.4) is 0 Å². The van der Waals surface area contributed by atoms with Gasteiger partial charge < -0.3 is 21.2 Å². The molecule has 20 heavy (non-hydrogen) atoms. The Balaban J connectivity index is 2.76. The summed E-state index contributed by atoms with van der Waals surface area (Å²) in [6.07, 6.45) is -4.49. The zero-order chi connectivity index (χ0) is 15.3. The van der Waals surface area contributed by atoms with E-state index in [2.05, 4.69) is 10.5 Å². The maximum absolute atomic E-state index is 12.5. The van der Waals surface area contributed by atoms with Crippen molar-refractivity contribution < 1.29 is 23.2 Å². The summed E-state index contributed by atoms with van der Waals surface area (Å²) in [5, 5.41) is 13.3. The zero-order valence-electron chi connectivity index (χ0n) is 10.5. The molecular weight excluding hydrogens is 277 g/mol. The van der Waals surface area contributed by atoms with Gasteiger partial charge in [-0.1, -0.05) is 11.2 Å². The maximum Gasteiger partial charge on any atom is 0.416 e. The Morgan fingerprint density at radius 1 is 1.50 bits per heavy atom. The number of nitrogens with one attached hydrogen (secondary N) is 1. The van der Waals surface area contributed by atoms with Gasteiger partial charge >= 0.3 is 12.2 Å². The molecule has 9 heteroatoms. The molecule has 0 atom stereocenters. The number of urea groups is 1. The third-order valence-electron chi connectivity index (χ3n) is 2.32. The lowest BCUT2D eigenvalue weighted by Crippen LogP contribution is -2.38. The number of hydrogen-bond donors (Lipinski definition) is 3. The molecule has 0 spiro atoms. The van der Waals surface area contributed by atoms with Crippen LogP contribution in [0.15, 0.2) is 29.4 Å². The summed E-state index contributed by atoms with van der Waals surface area (Å²) in [7, 11) is 1.35. The molecule has 0 aliphatic rings. The van der Waals surface area contributed by atoms with Crippen molar-refractivity contribution in [3.8, 4) is 0 Å². The number of benzene rings is 1. The highest BCUT2D eigenvalue weighted by Crippen LogP contribution is 2.30. The Bertz CT molecular complexity index is 517. The fourth-order valence-electron chi connectivity index (χ4n) is 1.34. The standard InChI is InChI=1S/C11H13F3N4O2/c1-18(6-9(15)17-20)10(19)16-8-4-2-3-7(5-8)11(12,13)14/h2-5,20H,6H2,1H3,(H2,15,17)(H,16,19). The summed E-state index contributed by atoms with van der Waals surface area (Å²) in [5.74, 6) is -0.202. The van der Waals surface area contributed by atoms with Crippen LogP contribution in [0.1, 0.15) is 5.56 Å². The van der Waals surface area contributed by atoms with E-state index in [1.54, 1.807) is 0 Å². The molecule has 1 aromatic rings. The van der Waals surface area contributed by atoms with Crippen LogP contribution in [-0.4, -0.2) is 35.6 Å². The van der Waals surface area contributed by atoms with Gasteiger partial charge in [-0.15, -0.1) is 0 Å². The molecule has 0 radical (unpaired) electrons. The second-order valence-electron chi connectivity index (χ2n) is 3.96. The molecule has 0 aliphatic carbocycles. The molecule has 0 bridgehead atoms. The monoisotopic (exact) mass is 290 g/mol. The topological polar surface area (TPSA) is 90.9 Å². The summed E-state index contributed by atoms with van der Waals surface area (Å²) in [5.41, 5.74) is 4.35. The normalized spacial score (nSPS) is 12.1. The van der Waals surface area contributed by atoms with Crippen LogP contribution in [0.25, 0.3) is 0 Å². The van der Waals surface area contributed by atoms with E-state index in [9.17, 15) is 18.0 Å². The number of nitrogens with two attached hydrogens (primary N) is 1. The Hall–Kier alpha value is -2.45. The van der Waals surface area contributed by atoms with E-state index < -0.39 is 17.8 Å². The number of nitrogens with zero attached hydrogens (tertiary/aromatic N) is 2. The Morgan fingerprint density at radius 2 is 2.15 bits per heavy atom. The number of carbonyl (C=O) groups excluding carboxylic acids is 1. The van der Waals surface area contributed by atoms with Crippen LogP contribution in [-0.2, 0) is 6.18 Å². The number of rotatable bonds is 3. The molecule has 1 rings (SSSR count). The summed E-state index contributed by atoms with van der Waals surface area (Å²) in [4.78, 5) is 12.7. The van der Waals surface area contributed by atoms with Gasteiger partial charge in [0.1, 0.15) is 0 Å². The average molecular weight is 290 g/mol. The second-order valence-corrected chi connectivity index (χ2v) is 3.96. The Kier molecular flexibility index (Phi) is 4.78. The largest absolute Gasteiger partial charge is 0.416 e. The zero-order valence-corrected chi connectivity index (χ0v) is 10.5. The molecule has 4 N–H and O–H groups in total. The van der Waals surface area contributed by atoms with E-state index in [1.165, 1.54) is 19.2 Å². The highest BCUT2D eigenvalue weighted by Gasteiger charge is 2.30. The smallest absolute Gasteiger partial charge is 0.409 e. The van der Waals surface area contributed by atoms with Gasteiger partial charge in [0.2, 0.25) is 0 Å². The van der Waals surface area contributed by atoms with E-state index in [4.69, 9.17) is 10.9 Å². The molecule has 0 fully saturated rings. The molecule has 110 valence electrons. The Labute approximate surface area is 112 Å². The van der Waals surface area contributed by atoms with Gasteiger partial charge in [0, 0.05) is 12.7 Å². The first kappa shape index (κ1) is 15.6. The maximum atomic E-state index is 12.5. The summed E-state index contributed by atoms with van der Waals surface area (Å²) in [6, 6.07) is 3.54. The molecule has 2 amide bonds. The predicted octanol–water partition coefficient (Wildman–Crippen LogP) is 1.92. The predicted molar refractivity (Wildman–Crippen MR) is 66.5 cm³/mol. The van der Waals surface area contributed by atoms with Gasteiger partial charge in [-0.3, -0.25) is 0 Å². The molecule has 0 aliphatic heterocycles. The van der Waals surface area contributed by atoms with Gasteiger partial charge in [-0.2, -0.15) is 13.2 Å². The lowest BCUT2D eigenvalue weighted by molar-refractivity contribution is -0.137. The summed E-state index contributed by atoms with van der Waals surface area (Å²) < 4.78 is 37.5. The van der Waals surface area contributed by atoms with Crippen LogP contribution < -0.4 is 11.1 Å². The fourth-order valence-corrected chi connectivity index (χ4v) is 1.34. The number of carbonyl (C=O) groups is 1. The Morgan fingerprint density at radius 3 is 2.70 bits per heavy atom. The summed E-state index contributed by atoms with van der Waals surface area (Å²) >= 11 is 0. The van der Waals surface area contributed by atoms with Gasteiger partial charge in [-0.25, -0.2) is 4.79 Å². The van der Waals surface area contributed by atoms with Crippen LogP contribution in [0.2, 0.25) is 0 Å². The highest BCUT2D eigenvalue weighted by molar-refractivity contribution is 5.93. The number of amidine groups is 1. The van der Waals surface area contributed by atoms with E-state index in [-0.39, 0.29) is 18.1 Å². The van der Waals surface area contributed by atoms with Gasteiger partial charge in [0.15, 0.2) is 5.84 Å². The fraction of sp³-hybridized carbons (Fsp3) is 0.273. The van der Waals surface area contributed by atoms with Crippen molar-refractivity contribution in [3.05, 3.63) is 29.8 Å². The first-order chi connectivity index (χ1) is 9.24. The van der Waals surface area contributed by atoms with Gasteiger partial charge in [-0.05, 0) is 18.2 Å². The van der Waals surface area contributed by atoms with Crippen LogP contribution in [0.5, 0.6) is 0 Å². The molecule has 1 aromatic carbocycles. The quantitative estimate of drug-likeness (QED) is 0.344. The number of hydrogen-bond acceptors (Lipinski definition) is 3. The van der Waals surface area contributed by atoms with Crippen molar-refractivity contribution >= 4 is 17.6 Å². The van der Waals surface area contributed by atoms with Crippen LogP contribution in [0, 0.1) is 0 Å².